The Morgan fingerprint density at radius 1 is 1.15 bits per heavy atom. The molecule has 0 aromatic heterocycles. The van der Waals surface area contributed by atoms with E-state index in [1.54, 1.807) is 6.07 Å². The van der Waals surface area contributed by atoms with E-state index in [4.69, 9.17) is 5.26 Å². The first kappa shape index (κ1) is 14.2. The smallest absolute Gasteiger partial charge is 0.127 e. The van der Waals surface area contributed by atoms with Gasteiger partial charge in [0.15, 0.2) is 0 Å². The van der Waals surface area contributed by atoms with Crippen LogP contribution in [0.5, 0.6) is 0 Å². The average Bonchev–Trinajstić information content (AvgIpc) is 2.48. The lowest BCUT2D eigenvalue weighted by atomic mass is 10.1. The second-order valence-electron chi connectivity index (χ2n) is 4.89. The van der Waals surface area contributed by atoms with Gasteiger partial charge in [0.25, 0.3) is 0 Å². The van der Waals surface area contributed by atoms with Crippen molar-refractivity contribution in [1.29, 1.82) is 5.26 Å². The zero-order valence-electron chi connectivity index (χ0n) is 11.5. The van der Waals surface area contributed by atoms with Crippen molar-refractivity contribution in [2.75, 3.05) is 13.6 Å². The molecule has 3 heteroatoms. The van der Waals surface area contributed by atoms with Crippen molar-refractivity contribution in [2.24, 2.45) is 0 Å². The third-order valence-electron chi connectivity index (χ3n) is 3.24. The summed E-state index contributed by atoms with van der Waals surface area (Å²) in [4.78, 5) is 2.06. The highest BCUT2D eigenvalue weighted by atomic mass is 19.1. The first-order valence-corrected chi connectivity index (χ1v) is 6.60. The quantitative estimate of drug-likeness (QED) is 0.831. The molecule has 0 bridgehead atoms. The number of nitrogens with zero attached hydrogens (tertiary/aromatic N) is 2. The summed E-state index contributed by atoms with van der Waals surface area (Å²) in [7, 11) is 1.96. The fourth-order valence-corrected chi connectivity index (χ4v) is 2.10. The summed E-state index contributed by atoms with van der Waals surface area (Å²) in [5, 5.41) is 8.85. The number of benzene rings is 2. The van der Waals surface area contributed by atoms with Gasteiger partial charge in [-0.25, -0.2) is 4.39 Å². The highest BCUT2D eigenvalue weighted by Crippen LogP contribution is 2.12. The van der Waals surface area contributed by atoms with Gasteiger partial charge in [0.2, 0.25) is 0 Å². The summed E-state index contributed by atoms with van der Waals surface area (Å²) in [6, 6.07) is 16.7. The molecule has 0 aliphatic carbocycles. The number of halogens is 1. The van der Waals surface area contributed by atoms with Crippen LogP contribution in [0.4, 0.5) is 4.39 Å². The van der Waals surface area contributed by atoms with Gasteiger partial charge in [-0.05, 0) is 37.2 Å². The van der Waals surface area contributed by atoms with Crippen LogP contribution in [0.15, 0.2) is 48.5 Å². The minimum absolute atomic E-state index is 0.254. The van der Waals surface area contributed by atoms with Crippen LogP contribution in [-0.4, -0.2) is 18.5 Å². The number of hydrogen-bond acceptors (Lipinski definition) is 2. The minimum Gasteiger partial charge on any atom is -0.302 e. The summed E-state index contributed by atoms with van der Waals surface area (Å²) in [5.74, 6) is -0.254. The zero-order chi connectivity index (χ0) is 14.4. The number of nitriles is 1. The molecule has 20 heavy (non-hydrogen) atoms. The summed E-state index contributed by atoms with van der Waals surface area (Å²) in [6.45, 7) is 1.36. The molecule has 0 aliphatic rings. The molecule has 2 rings (SSSR count). The van der Waals surface area contributed by atoms with Crippen molar-refractivity contribution >= 4 is 0 Å². The maximum absolute atomic E-state index is 13.7. The summed E-state index contributed by atoms with van der Waals surface area (Å²) in [5.41, 5.74) is 2.34. The lowest BCUT2D eigenvalue weighted by Gasteiger charge is -2.17. The van der Waals surface area contributed by atoms with Crippen LogP contribution >= 0.6 is 0 Å². The minimum atomic E-state index is -0.254. The SMILES string of the molecule is CN(CCc1ccccc1)Cc1cc(C#N)ccc1F. The van der Waals surface area contributed by atoms with Crippen molar-refractivity contribution in [3.63, 3.8) is 0 Å². The Labute approximate surface area is 119 Å². The van der Waals surface area contributed by atoms with E-state index < -0.39 is 0 Å². The number of likely N-dealkylation sites (N-methyl/N-ethyl adjacent to an activating group) is 1. The molecule has 0 atom stereocenters. The normalized spacial score (nSPS) is 10.5. The van der Waals surface area contributed by atoms with Crippen molar-refractivity contribution in [3.05, 3.63) is 71.0 Å². The van der Waals surface area contributed by atoms with Crippen LogP contribution in [0.3, 0.4) is 0 Å². The van der Waals surface area contributed by atoms with E-state index in [0.29, 0.717) is 17.7 Å². The first-order chi connectivity index (χ1) is 9.69. The van der Waals surface area contributed by atoms with Gasteiger partial charge in [0.1, 0.15) is 5.82 Å². The van der Waals surface area contributed by atoms with E-state index in [1.807, 2.05) is 31.3 Å². The van der Waals surface area contributed by atoms with E-state index >= 15 is 0 Å². The Balaban J connectivity index is 1.95. The molecule has 0 radical (unpaired) electrons. The number of hydrogen-bond donors (Lipinski definition) is 0. The van der Waals surface area contributed by atoms with E-state index in [1.165, 1.54) is 17.7 Å². The van der Waals surface area contributed by atoms with Gasteiger partial charge >= 0.3 is 0 Å². The molecule has 2 nitrogen and oxygen atoms in total. The Morgan fingerprint density at radius 2 is 1.90 bits per heavy atom. The van der Waals surface area contributed by atoms with Crippen LogP contribution in [0.25, 0.3) is 0 Å². The third kappa shape index (κ3) is 3.91. The molecular weight excluding hydrogens is 251 g/mol. The standard InChI is InChI=1S/C17H17FN2/c1-20(10-9-14-5-3-2-4-6-14)13-16-11-15(12-19)7-8-17(16)18/h2-8,11H,9-10,13H2,1H3. The Morgan fingerprint density at radius 3 is 2.60 bits per heavy atom. The topological polar surface area (TPSA) is 27.0 Å². The van der Waals surface area contributed by atoms with Crippen molar-refractivity contribution in [2.45, 2.75) is 13.0 Å². The maximum Gasteiger partial charge on any atom is 0.127 e. The van der Waals surface area contributed by atoms with E-state index in [0.717, 1.165) is 13.0 Å². The van der Waals surface area contributed by atoms with Crippen molar-refractivity contribution in [1.82, 2.24) is 4.90 Å². The highest BCUT2D eigenvalue weighted by molar-refractivity contribution is 5.33. The molecule has 2 aromatic rings. The molecule has 102 valence electrons. The van der Waals surface area contributed by atoms with E-state index in [2.05, 4.69) is 17.0 Å². The fraction of sp³-hybridized carbons (Fsp3) is 0.235. The molecule has 0 unspecified atom stereocenters. The Bertz CT molecular complexity index is 602. The summed E-state index contributed by atoms with van der Waals surface area (Å²) < 4.78 is 13.7. The largest absolute Gasteiger partial charge is 0.302 e. The lowest BCUT2D eigenvalue weighted by Crippen LogP contribution is -2.21. The van der Waals surface area contributed by atoms with Crippen molar-refractivity contribution in [3.8, 4) is 6.07 Å². The van der Waals surface area contributed by atoms with Crippen LogP contribution in [0.2, 0.25) is 0 Å². The van der Waals surface area contributed by atoms with Crippen molar-refractivity contribution < 1.29 is 4.39 Å². The highest BCUT2D eigenvalue weighted by Gasteiger charge is 2.07. The average molecular weight is 268 g/mol. The second-order valence-corrected chi connectivity index (χ2v) is 4.89. The Hall–Kier alpha value is -2.18. The van der Waals surface area contributed by atoms with Gasteiger partial charge in [0, 0.05) is 18.7 Å². The molecule has 0 saturated carbocycles. The van der Waals surface area contributed by atoms with Gasteiger partial charge in [-0.3, -0.25) is 0 Å². The predicted octanol–water partition coefficient (Wildman–Crippen LogP) is 3.37. The fourth-order valence-electron chi connectivity index (χ4n) is 2.10. The molecule has 0 fully saturated rings. The van der Waals surface area contributed by atoms with Crippen LogP contribution in [0.1, 0.15) is 16.7 Å². The lowest BCUT2D eigenvalue weighted by molar-refractivity contribution is 0.325. The van der Waals surface area contributed by atoms with Gasteiger partial charge < -0.3 is 4.90 Å². The molecular formula is C17H17FN2. The summed E-state index contributed by atoms with van der Waals surface area (Å²) >= 11 is 0. The molecule has 0 aliphatic heterocycles. The molecule has 0 amide bonds. The Kier molecular flexibility index (Phi) is 4.86. The van der Waals surface area contributed by atoms with Gasteiger partial charge in [-0.2, -0.15) is 5.26 Å². The number of rotatable bonds is 5. The second kappa shape index (κ2) is 6.83. The van der Waals surface area contributed by atoms with Crippen LogP contribution in [0, 0.1) is 17.1 Å². The van der Waals surface area contributed by atoms with Gasteiger partial charge in [-0.1, -0.05) is 30.3 Å². The monoisotopic (exact) mass is 268 g/mol. The van der Waals surface area contributed by atoms with Gasteiger partial charge in [-0.15, -0.1) is 0 Å². The zero-order valence-corrected chi connectivity index (χ0v) is 11.5. The predicted molar refractivity (Wildman–Crippen MR) is 77.6 cm³/mol. The van der Waals surface area contributed by atoms with E-state index in [-0.39, 0.29) is 5.82 Å². The van der Waals surface area contributed by atoms with Gasteiger partial charge in [0.05, 0.1) is 11.6 Å². The van der Waals surface area contributed by atoms with Crippen LogP contribution < -0.4 is 0 Å². The molecule has 2 aromatic carbocycles. The van der Waals surface area contributed by atoms with E-state index in [9.17, 15) is 4.39 Å². The molecule has 0 N–H and O–H groups in total. The van der Waals surface area contributed by atoms with Crippen LogP contribution in [-0.2, 0) is 13.0 Å². The molecule has 0 heterocycles. The molecule has 0 spiro atoms. The third-order valence-corrected chi connectivity index (χ3v) is 3.24. The molecule has 0 saturated heterocycles. The summed E-state index contributed by atoms with van der Waals surface area (Å²) in [6.07, 6.45) is 0.927. The maximum atomic E-state index is 13.7. The first-order valence-electron chi connectivity index (χ1n) is 6.60.